The SMILES string of the molecule is COC(=O)c1cc(S(N)(=O)=O)ccc1N1CCN(C(=O)c2ccccc2)CC1. The molecule has 1 aliphatic rings. The quantitative estimate of drug-likeness (QED) is 0.765. The first-order chi connectivity index (χ1) is 13.3. The van der Waals surface area contributed by atoms with Crippen molar-refractivity contribution in [2.75, 3.05) is 38.2 Å². The van der Waals surface area contributed by atoms with Gasteiger partial charge in [0.2, 0.25) is 10.0 Å². The van der Waals surface area contributed by atoms with Crippen molar-refractivity contribution in [1.29, 1.82) is 0 Å². The molecule has 0 saturated carbocycles. The molecule has 1 heterocycles. The van der Waals surface area contributed by atoms with E-state index in [9.17, 15) is 18.0 Å². The fourth-order valence-electron chi connectivity index (χ4n) is 3.16. The number of benzene rings is 2. The lowest BCUT2D eigenvalue weighted by atomic mass is 10.1. The Hall–Kier alpha value is -2.91. The molecule has 28 heavy (non-hydrogen) atoms. The maximum atomic E-state index is 12.6. The number of anilines is 1. The van der Waals surface area contributed by atoms with Crippen molar-refractivity contribution >= 4 is 27.6 Å². The molecule has 0 atom stereocenters. The highest BCUT2D eigenvalue weighted by molar-refractivity contribution is 7.89. The van der Waals surface area contributed by atoms with Crippen molar-refractivity contribution in [3.63, 3.8) is 0 Å². The van der Waals surface area contributed by atoms with Gasteiger partial charge in [-0.2, -0.15) is 0 Å². The van der Waals surface area contributed by atoms with Gasteiger partial charge in [0.05, 0.1) is 23.3 Å². The molecule has 1 aliphatic heterocycles. The van der Waals surface area contributed by atoms with Crippen LogP contribution >= 0.6 is 0 Å². The van der Waals surface area contributed by atoms with Crippen molar-refractivity contribution in [2.24, 2.45) is 5.14 Å². The van der Waals surface area contributed by atoms with Crippen LogP contribution in [0.25, 0.3) is 0 Å². The highest BCUT2D eigenvalue weighted by Crippen LogP contribution is 2.26. The zero-order valence-electron chi connectivity index (χ0n) is 15.4. The summed E-state index contributed by atoms with van der Waals surface area (Å²) in [4.78, 5) is 28.3. The normalized spacial score (nSPS) is 14.6. The van der Waals surface area contributed by atoms with Crippen molar-refractivity contribution in [3.8, 4) is 0 Å². The van der Waals surface area contributed by atoms with Gasteiger partial charge < -0.3 is 14.5 Å². The molecule has 0 unspecified atom stereocenters. The molecule has 9 heteroatoms. The predicted molar refractivity (Wildman–Crippen MR) is 104 cm³/mol. The number of methoxy groups -OCH3 is 1. The van der Waals surface area contributed by atoms with Crippen LogP contribution in [-0.4, -0.2) is 58.5 Å². The summed E-state index contributed by atoms with van der Waals surface area (Å²) in [6.07, 6.45) is 0. The molecule has 1 saturated heterocycles. The first-order valence-corrected chi connectivity index (χ1v) is 10.2. The molecule has 3 rings (SSSR count). The summed E-state index contributed by atoms with van der Waals surface area (Å²) in [5.74, 6) is -0.693. The Labute approximate surface area is 163 Å². The number of hydrogen-bond acceptors (Lipinski definition) is 6. The van der Waals surface area contributed by atoms with Crippen LogP contribution in [-0.2, 0) is 14.8 Å². The number of piperazine rings is 1. The van der Waals surface area contributed by atoms with Gasteiger partial charge in [0, 0.05) is 31.7 Å². The molecule has 2 aromatic rings. The third-order valence-electron chi connectivity index (χ3n) is 4.63. The minimum absolute atomic E-state index is 0.0435. The standard InChI is InChI=1S/C19H21N3O5S/c1-27-19(24)16-13-15(28(20,25)26)7-8-17(16)21-9-11-22(12-10-21)18(23)14-5-3-2-4-6-14/h2-8,13H,9-12H2,1H3,(H2,20,25,26). The maximum Gasteiger partial charge on any atom is 0.340 e. The summed E-state index contributed by atoms with van der Waals surface area (Å²) in [6.45, 7) is 1.95. The van der Waals surface area contributed by atoms with Crippen molar-refractivity contribution in [2.45, 2.75) is 4.90 Å². The Morgan fingerprint density at radius 1 is 1.00 bits per heavy atom. The first kappa shape index (κ1) is 19.8. The van der Waals surface area contributed by atoms with Gasteiger partial charge in [-0.25, -0.2) is 18.4 Å². The number of carbonyl (C=O) groups excluding carboxylic acids is 2. The minimum Gasteiger partial charge on any atom is -0.465 e. The van der Waals surface area contributed by atoms with Crippen LogP contribution in [0.15, 0.2) is 53.4 Å². The molecule has 0 aromatic heterocycles. The van der Waals surface area contributed by atoms with Gasteiger partial charge in [-0.15, -0.1) is 0 Å². The Balaban J connectivity index is 1.80. The molecule has 1 amide bonds. The van der Waals surface area contributed by atoms with Gasteiger partial charge in [0.15, 0.2) is 0 Å². The number of nitrogens with two attached hydrogens (primary N) is 1. The van der Waals surface area contributed by atoms with Gasteiger partial charge in [-0.3, -0.25) is 4.79 Å². The molecule has 0 aliphatic carbocycles. The number of nitrogens with zero attached hydrogens (tertiary/aromatic N) is 2. The lowest BCUT2D eigenvalue weighted by Crippen LogP contribution is -2.49. The second-order valence-corrected chi connectivity index (χ2v) is 7.92. The van der Waals surface area contributed by atoms with Crippen molar-refractivity contribution < 1.29 is 22.7 Å². The van der Waals surface area contributed by atoms with E-state index in [1.807, 2.05) is 23.1 Å². The number of sulfonamides is 1. The van der Waals surface area contributed by atoms with Gasteiger partial charge in [0.25, 0.3) is 5.91 Å². The molecule has 2 N–H and O–H groups in total. The number of carbonyl (C=O) groups is 2. The zero-order valence-corrected chi connectivity index (χ0v) is 16.2. The van der Waals surface area contributed by atoms with E-state index in [-0.39, 0.29) is 16.4 Å². The monoisotopic (exact) mass is 403 g/mol. The summed E-state index contributed by atoms with van der Waals surface area (Å²) in [5.41, 5.74) is 1.30. The molecule has 0 spiro atoms. The van der Waals surface area contributed by atoms with Crippen LogP contribution in [0, 0.1) is 0 Å². The van der Waals surface area contributed by atoms with E-state index >= 15 is 0 Å². The van der Waals surface area contributed by atoms with Crippen molar-refractivity contribution in [3.05, 3.63) is 59.7 Å². The van der Waals surface area contributed by atoms with Gasteiger partial charge in [-0.1, -0.05) is 18.2 Å². The summed E-state index contributed by atoms with van der Waals surface area (Å²) < 4.78 is 28.0. The Bertz CT molecular complexity index is 984. The number of primary sulfonamides is 1. The van der Waals surface area contributed by atoms with E-state index in [1.54, 1.807) is 23.1 Å². The average Bonchev–Trinajstić information content (AvgIpc) is 2.72. The van der Waals surface area contributed by atoms with E-state index in [4.69, 9.17) is 9.88 Å². The zero-order chi connectivity index (χ0) is 20.3. The van der Waals surface area contributed by atoms with Crippen LogP contribution in [0.2, 0.25) is 0 Å². The third-order valence-corrected chi connectivity index (χ3v) is 5.54. The van der Waals surface area contributed by atoms with Crippen molar-refractivity contribution in [1.82, 2.24) is 4.90 Å². The Morgan fingerprint density at radius 3 is 2.21 bits per heavy atom. The number of hydrogen-bond donors (Lipinski definition) is 1. The Kier molecular flexibility index (Phi) is 5.66. The molecule has 2 aromatic carbocycles. The molecule has 1 fully saturated rings. The summed E-state index contributed by atoms with van der Waals surface area (Å²) >= 11 is 0. The lowest BCUT2D eigenvalue weighted by Gasteiger charge is -2.36. The van der Waals surface area contributed by atoms with Gasteiger partial charge >= 0.3 is 5.97 Å². The minimum atomic E-state index is -3.94. The fourth-order valence-corrected chi connectivity index (χ4v) is 3.69. The number of rotatable bonds is 4. The van der Waals surface area contributed by atoms with Crippen LogP contribution in [0.1, 0.15) is 20.7 Å². The van der Waals surface area contributed by atoms with Crippen LogP contribution in [0.3, 0.4) is 0 Å². The van der Waals surface area contributed by atoms with Crippen LogP contribution in [0.5, 0.6) is 0 Å². The van der Waals surface area contributed by atoms with E-state index in [2.05, 4.69) is 0 Å². The predicted octanol–water partition coefficient (Wildman–Crippen LogP) is 1.08. The average molecular weight is 403 g/mol. The largest absolute Gasteiger partial charge is 0.465 e. The van der Waals surface area contributed by atoms with Gasteiger partial charge in [-0.05, 0) is 30.3 Å². The molecular formula is C19H21N3O5S. The second-order valence-electron chi connectivity index (χ2n) is 6.36. The number of ether oxygens (including phenoxy) is 1. The Morgan fingerprint density at radius 2 is 1.64 bits per heavy atom. The second kappa shape index (κ2) is 7.99. The van der Waals surface area contributed by atoms with Crippen LogP contribution in [0.4, 0.5) is 5.69 Å². The van der Waals surface area contributed by atoms with E-state index in [1.165, 1.54) is 19.2 Å². The topological polar surface area (TPSA) is 110 Å². The van der Waals surface area contributed by atoms with E-state index < -0.39 is 16.0 Å². The summed E-state index contributed by atoms with van der Waals surface area (Å²) in [7, 11) is -2.72. The first-order valence-electron chi connectivity index (χ1n) is 8.65. The molecule has 148 valence electrons. The smallest absolute Gasteiger partial charge is 0.340 e. The summed E-state index contributed by atoms with van der Waals surface area (Å²) in [5, 5.41) is 5.16. The van der Waals surface area contributed by atoms with E-state index in [0.717, 1.165) is 0 Å². The molecular weight excluding hydrogens is 382 g/mol. The number of esters is 1. The lowest BCUT2D eigenvalue weighted by molar-refractivity contribution is 0.0599. The van der Waals surface area contributed by atoms with E-state index in [0.29, 0.717) is 37.4 Å². The highest BCUT2D eigenvalue weighted by atomic mass is 32.2. The van der Waals surface area contributed by atoms with Gasteiger partial charge in [0.1, 0.15) is 0 Å². The maximum absolute atomic E-state index is 12.6. The van der Waals surface area contributed by atoms with Crippen LogP contribution < -0.4 is 10.0 Å². The third kappa shape index (κ3) is 4.15. The molecule has 0 bridgehead atoms. The number of amides is 1. The summed E-state index contributed by atoms with van der Waals surface area (Å²) in [6, 6.07) is 13.2. The molecule has 0 radical (unpaired) electrons. The highest BCUT2D eigenvalue weighted by Gasteiger charge is 2.26. The molecule has 8 nitrogen and oxygen atoms in total. The fraction of sp³-hybridized carbons (Fsp3) is 0.263.